The van der Waals surface area contributed by atoms with Gasteiger partial charge in [0.2, 0.25) is 5.91 Å². The van der Waals surface area contributed by atoms with Crippen LogP contribution in [0.15, 0.2) is 48.7 Å². The molecule has 1 aromatic heterocycles. The molecule has 1 N–H and O–H groups in total. The van der Waals surface area contributed by atoms with E-state index in [9.17, 15) is 9.18 Å². The molecule has 0 radical (unpaired) electrons. The minimum absolute atomic E-state index is 0.114. The number of aromatic nitrogens is 1. The molecular weight excluding hydrogens is 407 g/mol. The molecule has 0 saturated carbocycles. The van der Waals surface area contributed by atoms with Crippen LogP contribution in [-0.4, -0.2) is 55.2 Å². The van der Waals surface area contributed by atoms with Crippen LogP contribution >= 0.6 is 0 Å². The van der Waals surface area contributed by atoms with E-state index in [-0.39, 0.29) is 24.3 Å². The van der Waals surface area contributed by atoms with Crippen molar-refractivity contribution >= 4 is 22.5 Å². The van der Waals surface area contributed by atoms with Crippen LogP contribution in [0.4, 0.5) is 10.1 Å². The normalized spacial score (nSPS) is 15.7. The van der Waals surface area contributed by atoms with Crippen molar-refractivity contribution < 1.29 is 13.9 Å². The van der Waals surface area contributed by atoms with Gasteiger partial charge in [0.1, 0.15) is 18.1 Å². The van der Waals surface area contributed by atoms with Crippen molar-refractivity contribution in [3.63, 3.8) is 0 Å². The lowest BCUT2D eigenvalue weighted by Crippen LogP contribution is -2.46. The second-order valence-corrected chi connectivity index (χ2v) is 8.28. The third kappa shape index (κ3) is 4.72. The van der Waals surface area contributed by atoms with Gasteiger partial charge in [-0.15, -0.1) is 0 Å². The number of nitrogens with zero attached hydrogens (tertiary/aromatic N) is 3. The molecule has 1 aliphatic heterocycles. The van der Waals surface area contributed by atoms with Gasteiger partial charge in [0.25, 0.3) is 0 Å². The lowest BCUT2D eigenvalue weighted by molar-refractivity contribution is -0.122. The topological polar surface area (TPSA) is 49.7 Å². The Morgan fingerprint density at radius 3 is 2.62 bits per heavy atom. The van der Waals surface area contributed by atoms with Crippen LogP contribution in [0, 0.1) is 5.82 Å². The molecule has 1 unspecified atom stereocenters. The Kier molecular flexibility index (Phi) is 6.65. The molecule has 0 spiro atoms. The number of piperazine rings is 1. The van der Waals surface area contributed by atoms with Gasteiger partial charge in [0, 0.05) is 54.5 Å². The maximum absolute atomic E-state index is 14.1. The number of rotatable bonds is 7. The molecule has 170 valence electrons. The molecule has 2 aromatic carbocycles. The Hall–Kier alpha value is -3.06. The van der Waals surface area contributed by atoms with Crippen LogP contribution in [0.1, 0.15) is 25.5 Å². The predicted octanol–water partition coefficient (Wildman–Crippen LogP) is 3.81. The predicted molar refractivity (Wildman–Crippen MR) is 126 cm³/mol. The van der Waals surface area contributed by atoms with Gasteiger partial charge in [0.05, 0.1) is 13.2 Å². The van der Waals surface area contributed by atoms with E-state index in [4.69, 9.17) is 4.74 Å². The van der Waals surface area contributed by atoms with E-state index in [1.165, 1.54) is 6.07 Å². The first kappa shape index (κ1) is 22.1. The third-order valence-electron chi connectivity index (χ3n) is 6.29. The highest BCUT2D eigenvalue weighted by atomic mass is 19.1. The molecule has 4 rings (SSSR count). The van der Waals surface area contributed by atoms with Crippen molar-refractivity contribution in [2.24, 2.45) is 0 Å². The number of benzene rings is 2. The number of carbonyl (C=O) groups is 1. The Labute approximate surface area is 188 Å². The highest BCUT2D eigenvalue weighted by molar-refractivity contribution is 5.84. The van der Waals surface area contributed by atoms with E-state index in [2.05, 4.69) is 22.0 Å². The number of amides is 1. The molecule has 7 heteroatoms. The molecule has 1 saturated heterocycles. The van der Waals surface area contributed by atoms with Crippen LogP contribution < -0.4 is 15.0 Å². The average Bonchev–Trinajstić information content (AvgIpc) is 3.20. The summed E-state index contributed by atoms with van der Waals surface area (Å²) < 4.78 is 21.3. The average molecular weight is 439 g/mol. The van der Waals surface area contributed by atoms with Gasteiger partial charge in [-0.1, -0.05) is 6.92 Å². The Balaban J connectivity index is 1.47. The van der Waals surface area contributed by atoms with Gasteiger partial charge in [-0.25, -0.2) is 4.39 Å². The second kappa shape index (κ2) is 9.61. The number of methoxy groups -OCH3 is 1. The molecule has 1 amide bonds. The van der Waals surface area contributed by atoms with E-state index in [1.54, 1.807) is 13.2 Å². The van der Waals surface area contributed by atoms with Crippen molar-refractivity contribution in [3.05, 3.63) is 60.0 Å². The minimum atomic E-state index is -0.306. The number of carbonyl (C=O) groups excluding carboxylic acids is 1. The van der Waals surface area contributed by atoms with Crippen LogP contribution in [0.5, 0.6) is 5.75 Å². The van der Waals surface area contributed by atoms with E-state index < -0.39 is 0 Å². The van der Waals surface area contributed by atoms with Gasteiger partial charge >= 0.3 is 0 Å². The second-order valence-electron chi connectivity index (χ2n) is 8.28. The molecule has 1 aliphatic rings. The molecule has 32 heavy (non-hydrogen) atoms. The zero-order valence-electron chi connectivity index (χ0n) is 19.0. The largest absolute Gasteiger partial charge is 0.497 e. The van der Waals surface area contributed by atoms with Gasteiger partial charge in [-0.3, -0.25) is 4.79 Å². The first-order valence-electron chi connectivity index (χ1n) is 11.2. The van der Waals surface area contributed by atoms with Gasteiger partial charge < -0.3 is 24.4 Å². The number of ether oxygens (including phenoxy) is 1. The molecule has 2 heterocycles. The number of hydrogen-bond donors (Lipinski definition) is 1. The fourth-order valence-corrected chi connectivity index (χ4v) is 4.43. The standard InChI is InChI=1S/C25H31FN4O2/c1-4-28-11-13-29(14-12-28)24-7-5-20(26)16-22(24)18(2)27-25(31)17-30-10-9-19-15-21(32-3)6-8-23(19)30/h5-10,15-16,18H,4,11-14,17H2,1-3H3,(H,27,31). The van der Waals surface area contributed by atoms with Crippen molar-refractivity contribution in [1.29, 1.82) is 0 Å². The summed E-state index contributed by atoms with van der Waals surface area (Å²) in [7, 11) is 1.64. The van der Waals surface area contributed by atoms with Crippen LogP contribution in [-0.2, 0) is 11.3 Å². The summed E-state index contributed by atoms with van der Waals surface area (Å²) in [5, 5.41) is 4.08. The fraction of sp³-hybridized carbons (Fsp3) is 0.400. The lowest BCUT2D eigenvalue weighted by atomic mass is 10.0. The highest BCUT2D eigenvalue weighted by Gasteiger charge is 2.22. The maximum atomic E-state index is 14.1. The SMILES string of the molecule is CCN1CCN(c2ccc(F)cc2C(C)NC(=O)Cn2ccc3cc(OC)ccc32)CC1. The van der Waals surface area contributed by atoms with E-state index in [0.717, 1.165) is 60.6 Å². The molecular formula is C25H31FN4O2. The van der Waals surface area contributed by atoms with E-state index in [0.29, 0.717) is 0 Å². The minimum Gasteiger partial charge on any atom is -0.497 e. The van der Waals surface area contributed by atoms with Crippen LogP contribution in [0.2, 0.25) is 0 Å². The Morgan fingerprint density at radius 1 is 1.12 bits per heavy atom. The van der Waals surface area contributed by atoms with Crippen molar-refractivity contribution in [3.8, 4) is 5.75 Å². The van der Waals surface area contributed by atoms with E-state index in [1.807, 2.05) is 48.0 Å². The smallest absolute Gasteiger partial charge is 0.240 e. The van der Waals surface area contributed by atoms with Crippen LogP contribution in [0.25, 0.3) is 10.9 Å². The summed E-state index contributed by atoms with van der Waals surface area (Å²) in [6.07, 6.45) is 1.90. The number of anilines is 1. The summed E-state index contributed by atoms with van der Waals surface area (Å²) in [5.74, 6) is 0.381. The van der Waals surface area contributed by atoms with Crippen LogP contribution in [0.3, 0.4) is 0 Å². The van der Waals surface area contributed by atoms with Gasteiger partial charge in [-0.05, 0) is 55.9 Å². The third-order valence-corrected chi connectivity index (χ3v) is 6.29. The summed E-state index contributed by atoms with van der Waals surface area (Å²) in [6, 6.07) is 12.3. The first-order valence-corrected chi connectivity index (χ1v) is 11.2. The number of hydrogen-bond acceptors (Lipinski definition) is 4. The lowest BCUT2D eigenvalue weighted by Gasteiger charge is -2.37. The molecule has 0 aliphatic carbocycles. The zero-order chi connectivity index (χ0) is 22.7. The molecule has 3 aromatic rings. The molecule has 1 atom stereocenters. The highest BCUT2D eigenvalue weighted by Crippen LogP contribution is 2.29. The molecule has 1 fully saturated rings. The number of halogens is 1. The summed E-state index contributed by atoms with van der Waals surface area (Å²) >= 11 is 0. The van der Waals surface area contributed by atoms with Crippen molar-refractivity contribution in [2.45, 2.75) is 26.4 Å². The monoisotopic (exact) mass is 438 g/mol. The Morgan fingerprint density at radius 2 is 1.91 bits per heavy atom. The molecule has 6 nitrogen and oxygen atoms in total. The van der Waals surface area contributed by atoms with E-state index >= 15 is 0 Å². The fourth-order valence-electron chi connectivity index (χ4n) is 4.43. The number of likely N-dealkylation sites (N-methyl/N-ethyl adjacent to an activating group) is 1. The number of fused-ring (bicyclic) bond motifs is 1. The summed E-state index contributed by atoms with van der Waals surface area (Å²) in [6.45, 7) is 9.08. The maximum Gasteiger partial charge on any atom is 0.240 e. The Bertz CT molecular complexity index is 1090. The first-order chi connectivity index (χ1) is 15.5. The van der Waals surface area contributed by atoms with Crippen molar-refractivity contribution in [1.82, 2.24) is 14.8 Å². The van der Waals surface area contributed by atoms with Gasteiger partial charge in [0.15, 0.2) is 0 Å². The number of nitrogens with one attached hydrogen (secondary N) is 1. The summed E-state index contributed by atoms with van der Waals surface area (Å²) in [5.41, 5.74) is 2.77. The molecule has 0 bridgehead atoms. The quantitative estimate of drug-likeness (QED) is 0.610. The van der Waals surface area contributed by atoms with Crippen molar-refractivity contribution in [2.75, 3.05) is 44.7 Å². The zero-order valence-corrected chi connectivity index (χ0v) is 19.0. The van der Waals surface area contributed by atoms with Gasteiger partial charge in [-0.2, -0.15) is 0 Å². The summed E-state index contributed by atoms with van der Waals surface area (Å²) in [4.78, 5) is 17.5.